The van der Waals surface area contributed by atoms with Crippen molar-refractivity contribution in [3.05, 3.63) is 22.7 Å². The van der Waals surface area contributed by atoms with Gasteiger partial charge in [0, 0.05) is 11.6 Å². The van der Waals surface area contributed by atoms with E-state index in [0.717, 1.165) is 4.47 Å². The summed E-state index contributed by atoms with van der Waals surface area (Å²) >= 11 is 3.23. The van der Waals surface area contributed by atoms with Crippen molar-refractivity contribution in [1.82, 2.24) is 0 Å². The standard InChI is InChI=1S/C11H16BrNO4S/c1-16-4-5-17-6-7-18(14,15)11-3-2-9(12)8-10(11)13/h2-3,8H,4-7,13H2,1H3. The third-order valence-electron chi connectivity index (χ3n) is 2.24. The average molecular weight is 338 g/mol. The first-order valence-corrected chi connectivity index (χ1v) is 7.76. The number of nitrogens with two attached hydrogens (primary N) is 1. The third kappa shape index (κ3) is 4.56. The fourth-order valence-electron chi connectivity index (χ4n) is 1.33. The largest absolute Gasteiger partial charge is 0.398 e. The van der Waals surface area contributed by atoms with Crippen molar-refractivity contribution in [3.8, 4) is 0 Å². The molecule has 0 aromatic heterocycles. The number of anilines is 1. The molecule has 0 saturated heterocycles. The Balaban J connectivity index is 2.63. The molecule has 0 saturated carbocycles. The normalized spacial score (nSPS) is 11.7. The summed E-state index contributed by atoms with van der Waals surface area (Å²) in [7, 11) is -1.85. The van der Waals surface area contributed by atoms with E-state index in [4.69, 9.17) is 15.2 Å². The van der Waals surface area contributed by atoms with Gasteiger partial charge in [-0.1, -0.05) is 15.9 Å². The van der Waals surface area contributed by atoms with Crippen molar-refractivity contribution in [2.75, 3.05) is 38.4 Å². The number of hydrogen-bond donors (Lipinski definition) is 1. The molecule has 0 heterocycles. The second-order valence-corrected chi connectivity index (χ2v) is 6.60. The van der Waals surface area contributed by atoms with Crippen LogP contribution in [0.1, 0.15) is 0 Å². The molecule has 1 rings (SSSR count). The zero-order valence-electron chi connectivity index (χ0n) is 10.1. The Morgan fingerprint density at radius 1 is 1.28 bits per heavy atom. The molecule has 0 fully saturated rings. The Morgan fingerprint density at radius 3 is 2.61 bits per heavy atom. The molecule has 0 aliphatic heterocycles. The van der Waals surface area contributed by atoms with Crippen LogP contribution in [0, 0.1) is 0 Å². The average Bonchev–Trinajstić information content (AvgIpc) is 2.28. The summed E-state index contributed by atoms with van der Waals surface area (Å²) in [6, 6.07) is 4.71. The minimum atomic E-state index is -3.41. The highest BCUT2D eigenvalue weighted by molar-refractivity contribution is 9.10. The molecule has 18 heavy (non-hydrogen) atoms. The first kappa shape index (κ1) is 15.4. The molecule has 0 amide bonds. The zero-order chi connectivity index (χ0) is 13.6. The summed E-state index contributed by atoms with van der Waals surface area (Å²) in [5.41, 5.74) is 5.93. The lowest BCUT2D eigenvalue weighted by Gasteiger charge is -2.08. The Hall–Kier alpha value is -0.630. The van der Waals surface area contributed by atoms with Gasteiger partial charge in [0.1, 0.15) is 0 Å². The van der Waals surface area contributed by atoms with Crippen LogP contribution in [0.5, 0.6) is 0 Å². The highest BCUT2D eigenvalue weighted by Gasteiger charge is 2.17. The van der Waals surface area contributed by atoms with Crippen LogP contribution in [-0.4, -0.2) is 41.1 Å². The van der Waals surface area contributed by atoms with Crippen LogP contribution < -0.4 is 5.73 Å². The molecular weight excluding hydrogens is 322 g/mol. The van der Waals surface area contributed by atoms with Gasteiger partial charge < -0.3 is 15.2 Å². The number of sulfone groups is 1. The Bertz CT molecular complexity index is 490. The van der Waals surface area contributed by atoms with Gasteiger partial charge in [-0.2, -0.15) is 0 Å². The fraction of sp³-hybridized carbons (Fsp3) is 0.455. The van der Waals surface area contributed by atoms with E-state index in [0.29, 0.717) is 13.2 Å². The molecule has 0 spiro atoms. The monoisotopic (exact) mass is 337 g/mol. The van der Waals surface area contributed by atoms with Gasteiger partial charge in [-0.05, 0) is 18.2 Å². The minimum absolute atomic E-state index is 0.0947. The van der Waals surface area contributed by atoms with Crippen molar-refractivity contribution in [3.63, 3.8) is 0 Å². The molecular formula is C11H16BrNO4S. The van der Waals surface area contributed by atoms with Gasteiger partial charge in [0.15, 0.2) is 9.84 Å². The van der Waals surface area contributed by atoms with Gasteiger partial charge >= 0.3 is 0 Å². The predicted octanol–water partition coefficient (Wildman–Crippen LogP) is 1.47. The SMILES string of the molecule is COCCOCCS(=O)(=O)c1ccc(Br)cc1N. The zero-order valence-corrected chi connectivity index (χ0v) is 12.5. The molecule has 7 heteroatoms. The van der Waals surface area contributed by atoms with Crippen LogP contribution in [0.25, 0.3) is 0 Å². The lowest BCUT2D eigenvalue weighted by molar-refractivity contribution is 0.0785. The van der Waals surface area contributed by atoms with Gasteiger partial charge in [-0.3, -0.25) is 0 Å². The molecule has 5 nitrogen and oxygen atoms in total. The first-order chi connectivity index (χ1) is 8.47. The Labute approximate surface area is 115 Å². The number of benzene rings is 1. The van der Waals surface area contributed by atoms with Gasteiger partial charge in [0.25, 0.3) is 0 Å². The van der Waals surface area contributed by atoms with Crippen molar-refractivity contribution in [1.29, 1.82) is 0 Å². The van der Waals surface area contributed by atoms with Crippen LogP contribution in [-0.2, 0) is 19.3 Å². The number of halogens is 1. The van der Waals surface area contributed by atoms with Gasteiger partial charge in [0.05, 0.1) is 36.2 Å². The van der Waals surface area contributed by atoms with Gasteiger partial charge in [-0.25, -0.2) is 8.42 Å². The number of nitrogen functional groups attached to an aromatic ring is 1. The Kier molecular flexibility index (Phi) is 6.07. The van der Waals surface area contributed by atoms with Crippen LogP contribution >= 0.6 is 15.9 Å². The van der Waals surface area contributed by atoms with Crippen molar-refractivity contribution in [2.24, 2.45) is 0 Å². The summed E-state index contributed by atoms with van der Waals surface area (Å²) in [5.74, 6) is -0.0947. The molecule has 102 valence electrons. The molecule has 1 aromatic carbocycles. The second-order valence-electron chi connectivity index (χ2n) is 3.61. The smallest absolute Gasteiger partial charge is 0.182 e. The number of ether oxygens (including phenoxy) is 2. The topological polar surface area (TPSA) is 78.6 Å². The van der Waals surface area contributed by atoms with Crippen LogP contribution in [0.3, 0.4) is 0 Å². The van der Waals surface area contributed by atoms with E-state index < -0.39 is 9.84 Å². The third-order valence-corrected chi connectivity index (χ3v) is 4.47. The highest BCUT2D eigenvalue weighted by atomic mass is 79.9. The predicted molar refractivity (Wildman–Crippen MR) is 73.3 cm³/mol. The summed E-state index contributed by atoms with van der Waals surface area (Å²) in [6.07, 6.45) is 0. The molecule has 0 aliphatic carbocycles. The van der Waals surface area contributed by atoms with Crippen molar-refractivity contribution >= 4 is 31.5 Å². The lowest BCUT2D eigenvalue weighted by Crippen LogP contribution is -2.15. The van der Waals surface area contributed by atoms with E-state index in [9.17, 15) is 8.42 Å². The molecule has 0 atom stereocenters. The van der Waals surface area contributed by atoms with E-state index in [-0.39, 0.29) is 22.9 Å². The molecule has 1 aromatic rings. The maximum atomic E-state index is 12.0. The summed E-state index contributed by atoms with van der Waals surface area (Å²) < 4.78 is 34.7. The van der Waals surface area contributed by atoms with Gasteiger partial charge in [0.2, 0.25) is 0 Å². The number of rotatable bonds is 7. The Morgan fingerprint density at radius 2 is 2.00 bits per heavy atom. The first-order valence-electron chi connectivity index (χ1n) is 5.32. The molecule has 0 unspecified atom stereocenters. The molecule has 0 aliphatic rings. The van der Waals surface area contributed by atoms with Crippen LogP contribution in [0.2, 0.25) is 0 Å². The quantitative estimate of drug-likeness (QED) is 0.602. The highest BCUT2D eigenvalue weighted by Crippen LogP contribution is 2.23. The molecule has 0 radical (unpaired) electrons. The number of methoxy groups -OCH3 is 1. The van der Waals surface area contributed by atoms with E-state index >= 15 is 0 Å². The minimum Gasteiger partial charge on any atom is -0.398 e. The van der Waals surface area contributed by atoms with Crippen LogP contribution in [0.15, 0.2) is 27.6 Å². The maximum absolute atomic E-state index is 12.0. The fourth-order valence-corrected chi connectivity index (χ4v) is 2.95. The van der Waals surface area contributed by atoms with Crippen molar-refractivity contribution < 1.29 is 17.9 Å². The second kappa shape index (κ2) is 7.08. The number of hydrogen-bond acceptors (Lipinski definition) is 5. The van der Waals surface area contributed by atoms with E-state index in [2.05, 4.69) is 15.9 Å². The summed E-state index contributed by atoms with van der Waals surface area (Å²) in [6.45, 7) is 0.948. The van der Waals surface area contributed by atoms with E-state index in [1.54, 1.807) is 19.2 Å². The van der Waals surface area contributed by atoms with E-state index in [1.165, 1.54) is 6.07 Å². The summed E-state index contributed by atoms with van der Waals surface area (Å²) in [4.78, 5) is 0.140. The van der Waals surface area contributed by atoms with Gasteiger partial charge in [-0.15, -0.1) is 0 Å². The maximum Gasteiger partial charge on any atom is 0.182 e. The molecule has 2 N–H and O–H groups in total. The van der Waals surface area contributed by atoms with Crippen LogP contribution in [0.4, 0.5) is 5.69 Å². The van der Waals surface area contributed by atoms with Crippen molar-refractivity contribution in [2.45, 2.75) is 4.90 Å². The summed E-state index contributed by atoms with van der Waals surface area (Å²) in [5, 5.41) is 0. The van der Waals surface area contributed by atoms with E-state index in [1.807, 2.05) is 0 Å². The lowest BCUT2D eigenvalue weighted by atomic mass is 10.3. The molecule has 0 bridgehead atoms.